The molecule has 1 saturated heterocycles. The van der Waals surface area contributed by atoms with E-state index in [1.165, 1.54) is 19.3 Å². The number of unbranched alkanes of at least 4 members (excludes halogenated alkanes) is 1. The summed E-state index contributed by atoms with van der Waals surface area (Å²) in [6.45, 7) is 9.96. The molecule has 0 radical (unpaired) electrons. The lowest BCUT2D eigenvalue weighted by Gasteiger charge is -2.35. The van der Waals surface area contributed by atoms with Crippen LogP contribution in [-0.4, -0.2) is 29.8 Å². The Morgan fingerprint density at radius 1 is 1.31 bits per heavy atom. The van der Waals surface area contributed by atoms with Gasteiger partial charge in [0.15, 0.2) is 5.11 Å². The molecule has 0 aromatic heterocycles. The van der Waals surface area contributed by atoms with Crippen molar-refractivity contribution in [2.24, 2.45) is 11.8 Å². The fourth-order valence-corrected chi connectivity index (χ4v) is 2.55. The average molecular weight is 243 g/mol. The van der Waals surface area contributed by atoms with Crippen LogP contribution in [0.15, 0.2) is 0 Å². The Morgan fingerprint density at radius 2 is 1.94 bits per heavy atom. The van der Waals surface area contributed by atoms with E-state index in [-0.39, 0.29) is 0 Å². The summed E-state index contributed by atoms with van der Waals surface area (Å²) >= 11 is 5.26. The van der Waals surface area contributed by atoms with Gasteiger partial charge in [-0.1, -0.05) is 27.2 Å². The van der Waals surface area contributed by atoms with Gasteiger partial charge in [0.25, 0.3) is 0 Å². The van der Waals surface area contributed by atoms with Gasteiger partial charge >= 0.3 is 0 Å². The Labute approximate surface area is 105 Å². The molecule has 1 fully saturated rings. The molecule has 1 aliphatic rings. The highest BCUT2D eigenvalue weighted by Gasteiger charge is 2.21. The fraction of sp³-hybridized carbons (Fsp3) is 0.917. The molecule has 16 heavy (non-hydrogen) atoms. The van der Waals surface area contributed by atoms with Gasteiger partial charge in [0.1, 0.15) is 0 Å². The van der Waals surface area contributed by atoms with Crippen molar-refractivity contribution < 1.29 is 0 Å². The molecule has 0 aromatic carbocycles. The van der Waals surface area contributed by atoms with E-state index in [9.17, 15) is 0 Å². The first-order chi connectivity index (χ1) is 7.61. The zero-order chi connectivity index (χ0) is 12.0. The van der Waals surface area contributed by atoms with Crippen LogP contribution in [0.25, 0.3) is 0 Å². The number of rotatable bonds is 4. The Morgan fingerprint density at radius 3 is 2.50 bits per heavy atom. The third-order valence-electron chi connectivity index (χ3n) is 2.94. The van der Waals surface area contributed by atoms with Crippen molar-refractivity contribution in [3.8, 4) is 0 Å². The van der Waals surface area contributed by atoms with Crippen LogP contribution in [0.3, 0.4) is 0 Å². The van der Waals surface area contributed by atoms with Gasteiger partial charge in [-0.05, 0) is 36.9 Å². The summed E-state index contributed by atoms with van der Waals surface area (Å²) in [6.07, 6.45) is 3.70. The molecule has 94 valence electrons. The molecular weight excluding hydrogens is 218 g/mol. The SMILES string of the molecule is CCCCNC(=S)NN1CC(C)CC(C)C1. The molecule has 2 atom stereocenters. The molecule has 2 N–H and O–H groups in total. The maximum Gasteiger partial charge on any atom is 0.181 e. The summed E-state index contributed by atoms with van der Waals surface area (Å²) in [5.41, 5.74) is 3.29. The predicted molar refractivity (Wildman–Crippen MR) is 73.2 cm³/mol. The molecule has 3 nitrogen and oxygen atoms in total. The van der Waals surface area contributed by atoms with Gasteiger partial charge in [-0.25, -0.2) is 5.01 Å². The first kappa shape index (κ1) is 13.7. The van der Waals surface area contributed by atoms with Crippen LogP contribution in [0.5, 0.6) is 0 Å². The smallest absolute Gasteiger partial charge is 0.181 e. The quantitative estimate of drug-likeness (QED) is 0.584. The van der Waals surface area contributed by atoms with Crippen molar-refractivity contribution in [3.63, 3.8) is 0 Å². The summed E-state index contributed by atoms with van der Waals surface area (Å²) in [6, 6.07) is 0. The number of piperidine rings is 1. The molecular formula is C12H25N3S. The molecule has 2 unspecified atom stereocenters. The zero-order valence-corrected chi connectivity index (χ0v) is 11.6. The van der Waals surface area contributed by atoms with Gasteiger partial charge in [0.2, 0.25) is 0 Å². The Hall–Kier alpha value is -0.350. The van der Waals surface area contributed by atoms with E-state index in [2.05, 4.69) is 36.5 Å². The minimum absolute atomic E-state index is 0.759. The van der Waals surface area contributed by atoms with Crippen molar-refractivity contribution in [2.45, 2.75) is 40.0 Å². The van der Waals surface area contributed by atoms with Crippen LogP contribution in [-0.2, 0) is 0 Å². The van der Waals surface area contributed by atoms with E-state index in [0.717, 1.165) is 36.6 Å². The summed E-state index contributed by atoms with van der Waals surface area (Å²) in [7, 11) is 0. The number of nitrogens with zero attached hydrogens (tertiary/aromatic N) is 1. The Bertz CT molecular complexity index is 210. The highest BCUT2D eigenvalue weighted by atomic mass is 32.1. The fourth-order valence-electron chi connectivity index (χ4n) is 2.32. The molecule has 0 bridgehead atoms. The van der Waals surface area contributed by atoms with Crippen LogP contribution in [0, 0.1) is 11.8 Å². The molecule has 0 aliphatic carbocycles. The van der Waals surface area contributed by atoms with Crippen LogP contribution < -0.4 is 10.7 Å². The highest BCUT2D eigenvalue weighted by molar-refractivity contribution is 7.80. The van der Waals surface area contributed by atoms with Gasteiger partial charge < -0.3 is 5.32 Å². The molecule has 1 aliphatic heterocycles. The van der Waals surface area contributed by atoms with E-state index in [1.54, 1.807) is 0 Å². The standard InChI is InChI=1S/C12H25N3S/c1-4-5-6-13-12(16)14-15-8-10(2)7-11(3)9-15/h10-11H,4-9H2,1-3H3,(H2,13,14,16). The first-order valence-corrected chi connectivity index (χ1v) is 6.82. The maximum atomic E-state index is 5.26. The Kier molecular flexibility index (Phi) is 6.06. The van der Waals surface area contributed by atoms with Gasteiger partial charge in [-0.2, -0.15) is 0 Å². The van der Waals surface area contributed by atoms with E-state index in [0.29, 0.717) is 0 Å². The molecule has 0 saturated carbocycles. The number of thiocarbonyl (C=S) groups is 1. The van der Waals surface area contributed by atoms with Gasteiger partial charge in [-0.15, -0.1) is 0 Å². The summed E-state index contributed by atoms with van der Waals surface area (Å²) in [5.74, 6) is 1.52. The number of hydrogen-bond acceptors (Lipinski definition) is 2. The Balaban J connectivity index is 2.22. The van der Waals surface area contributed by atoms with Crippen molar-refractivity contribution in [2.75, 3.05) is 19.6 Å². The lowest BCUT2D eigenvalue weighted by atomic mass is 9.93. The van der Waals surface area contributed by atoms with Crippen LogP contribution in [0.2, 0.25) is 0 Å². The van der Waals surface area contributed by atoms with Crippen molar-refractivity contribution in [3.05, 3.63) is 0 Å². The minimum atomic E-state index is 0.759. The van der Waals surface area contributed by atoms with E-state index in [1.807, 2.05) is 0 Å². The maximum absolute atomic E-state index is 5.26. The minimum Gasteiger partial charge on any atom is -0.362 e. The topological polar surface area (TPSA) is 27.3 Å². The normalized spacial score (nSPS) is 26.4. The van der Waals surface area contributed by atoms with Gasteiger partial charge in [0, 0.05) is 19.6 Å². The molecule has 0 amide bonds. The van der Waals surface area contributed by atoms with E-state index in [4.69, 9.17) is 12.2 Å². The van der Waals surface area contributed by atoms with E-state index >= 15 is 0 Å². The number of hydrogen-bond donors (Lipinski definition) is 2. The van der Waals surface area contributed by atoms with Crippen molar-refractivity contribution in [1.82, 2.24) is 15.8 Å². The number of hydrazine groups is 1. The van der Waals surface area contributed by atoms with Gasteiger partial charge in [-0.3, -0.25) is 5.43 Å². The third-order valence-corrected chi connectivity index (χ3v) is 3.18. The van der Waals surface area contributed by atoms with Gasteiger partial charge in [0.05, 0.1) is 0 Å². The summed E-state index contributed by atoms with van der Waals surface area (Å²) in [5, 5.41) is 6.26. The highest BCUT2D eigenvalue weighted by Crippen LogP contribution is 2.19. The molecule has 0 aromatic rings. The van der Waals surface area contributed by atoms with Crippen molar-refractivity contribution in [1.29, 1.82) is 0 Å². The first-order valence-electron chi connectivity index (χ1n) is 6.41. The van der Waals surface area contributed by atoms with Crippen molar-refractivity contribution >= 4 is 17.3 Å². The average Bonchev–Trinajstić information content (AvgIpc) is 2.16. The molecule has 1 rings (SSSR count). The molecule has 4 heteroatoms. The van der Waals surface area contributed by atoms with E-state index < -0.39 is 0 Å². The lowest BCUT2D eigenvalue weighted by Crippen LogP contribution is -2.52. The van der Waals surface area contributed by atoms with Crippen LogP contribution in [0.1, 0.15) is 40.0 Å². The third kappa shape index (κ3) is 5.12. The largest absolute Gasteiger partial charge is 0.362 e. The molecule has 0 spiro atoms. The summed E-state index contributed by atoms with van der Waals surface area (Å²) < 4.78 is 0. The second-order valence-corrected chi connectivity index (χ2v) is 5.48. The lowest BCUT2D eigenvalue weighted by molar-refractivity contribution is 0.115. The summed E-state index contributed by atoms with van der Waals surface area (Å²) in [4.78, 5) is 0. The second-order valence-electron chi connectivity index (χ2n) is 5.07. The van der Waals surface area contributed by atoms with Crippen LogP contribution in [0.4, 0.5) is 0 Å². The predicted octanol–water partition coefficient (Wildman–Crippen LogP) is 2.14. The monoisotopic (exact) mass is 243 g/mol. The second kappa shape index (κ2) is 7.07. The van der Waals surface area contributed by atoms with Crippen LogP contribution >= 0.6 is 12.2 Å². The molecule has 1 heterocycles. The zero-order valence-electron chi connectivity index (χ0n) is 10.8. The number of nitrogens with one attached hydrogen (secondary N) is 2.